The number of aromatic nitrogens is 1. The maximum Gasteiger partial charge on any atom is 0.119 e. The van der Waals surface area contributed by atoms with Crippen molar-refractivity contribution in [2.45, 2.75) is 32.1 Å². The van der Waals surface area contributed by atoms with Crippen molar-refractivity contribution < 1.29 is 4.74 Å². The van der Waals surface area contributed by atoms with Crippen LogP contribution in [0, 0.1) is 12.1 Å². The average molecular weight is 240 g/mol. The van der Waals surface area contributed by atoms with Gasteiger partial charge in [-0.3, -0.25) is 4.98 Å². The highest BCUT2D eigenvalue weighted by atomic mass is 16.5. The van der Waals surface area contributed by atoms with Crippen LogP contribution in [0.4, 0.5) is 0 Å². The van der Waals surface area contributed by atoms with E-state index in [0.29, 0.717) is 0 Å². The summed E-state index contributed by atoms with van der Waals surface area (Å²) < 4.78 is 5.31. The molecule has 0 spiro atoms. The van der Waals surface area contributed by atoms with Crippen molar-refractivity contribution in [3.8, 4) is 5.75 Å². The van der Waals surface area contributed by atoms with Crippen molar-refractivity contribution in [1.82, 2.24) is 4.98 Å². The third-order valence-electron chi connectivity index (χ3n) is 3.95. The number of hydrogen-bond acceptors (Lipinski definition) is 2. The van der Waals surface area contributed by atoms with Gasteiger partial charge >= 0.3 is 0 Å². The first-order valence-electron chi connectivity index (χ1n) is 6.70. The van der Waals surface area contributed by atoms with Gasteiger partial charge in [-0.15, -0.1) is 0 Å². The Kier molecular flexibility index (Phi) is 3.18. The Hall–Kier alpha value is -1.57. The molecule has 0 amide bonds. The van der Waals surface area contributed by atoms with Crippen molar-refractivity contribution in [3.05, 3.63) is 36.2 Å². The number of ether oxygens (including phenoxy) is 1. The van der Waals surface area contributed by atoms with Gasteiger partial charge in [-0.25, -0.2) is 0 Å². The summed E-state index contributed by atoms with van der Waals surface area (Å²) in [7, 11) is 1.71. The summed E-state index contributed by atoms with van der Waals surface area (Å²) in [5, 5.41) is 2.43. The molecule has 0 atom stereocenters. The Morgan fingerprint density at radius 2 is 2.17 bits per heavy atom. The molecule has 0 N–H and O–H groups in total. The summed E-state index contributed by atoms with van der Waals surface area (Å²) in [4.78, 5) is 4.47. The molecular weight excluding hydrogens is 222 g/mol. The van der Waals surface area contributed by atoms with Crippen LogP contribution in [0.5, 0.6) is 5.75 Å². The van der Waals surface area contributed by atoms with Gasteiger partial charge in [0.25, 0.3) is 0 Å². The number of hydrogen-bond donors (Lipinski definition) is 0. The summed E-state index contributed by atoms with van der Waals surface area (Å²) >= 11 is 0. The molecule has 1 radical (unpaired) electrons. The highest BCUT2D eigenvalue weighted by Crippen LogP contribution is 2.30. The molecule has 2 aromatic rings. The normalized spacial score (nSPS) is 16.3. The standard InChI is InChI=1S/C16H18NO/c1-18-14-7-6-13-8-9-17-16(15(13)11-14)10-12-4-2-3-5-12/h6-8,11-12H,2-5,10H2,1H3. The molecule has 3 rings (SSSR count). The van der Waals surface area contributed by atoms with Gasteiger partial charge in [-0.05, 0) is 35.9 Å². The molecule has 0 aliphatic heterocycles. The van der Waals surface area contributed by atoms with E-state index in [4.69, 9.17) is 4.74 Å². The lowest BCUT2D eigenvalue weighted by Crippen LogP contribution is -2.02. The quantitative estimate of drug-likeness (QED) is 0.814. The molecule has 0 bridgehead atoms. The van der Waals surface area contributed by atoms with E-state index < -0.39 is 0 Å². The molecule has 1 aromatic carbocycles. The van der Waals surface area contributed by atoms with Gasteiger partial charge in [0.1, 0.15) is 5.75 Å². The predicted octanol–water partition coefficient (Wildman–Crippen LogP) is 3.78. The summed E-state index contributed by atoms with van der Waals surface area (Å²) in [6, 6.07) is 8.13. The van der Waals surface area contributed by atoms with Crippen LogP contribution in [0.25, 0.3) is 10.8 Å². The first-order chi connectivity index (χ1) is 8.86. The molecule has 1 heterocycles. The largest absolute Gasteiger partial charge is 0.497 e. The number of rotatable bonds is 3. The van der Waals surface area contributed by atoms with Crippen LogP contribution in [-0.2, 0) is 6.42 Å². The van der Waals surface area contributed by atoms with Gasteiger partial charge in [0.15, 0.2) is 0 Å². The second-order valence-electron chi connectivity index (χ2n) is 5.14. The molecule has 0 saturated heterocycles. The minimum Gasteiger partial charge on any atom is -0.497 e. The van der Waals surface area contributed by atoms with E-state index in [0.717, 1.165) is 18.1 Å². The fraction of sp³-hybridized carbons (Fsp3) is 0.438. The molecule has 1 saturated carbocycles. The molecule has 2 nitrogen and oxygen atoms in total. The summed E-state index contributed by atoms with van der Waals surface area (Å²) in [5.41, 5.74) is 1.18. The van der Waals surface area contributed by atoms with Gasteiger partial charge < -0.3 is 4.74 Å². The van der Waals surface area contributed by atoms with E-state index >= 15 is 0 Å². The summed E-state index contributed by atoms with van der Waals surface area (Å²) in [6.45, 7) is 0. The van der Waals surface area contributed by atoms with Crippen LogP contribution in [0.2, 0.25) is 0 Å². The van der Waals surface area contributed by atoms with Crippen LogP contribution in [0.3, 0.4) is 0 Å². The van der Waals surface area contributed by atoms with Gasteiger partial charge in [-0.2, -0.15) is 0 Å². The van der Waals surface area contributed by atoms with Crippen molar-refractivity contribution in [3.63, 3.8) is 0 Å². The number of fused-ring (bicyclic) bond motifs is 1. The number of benzene rings is 1. The van der Waals surface area contributed by atoms with Crippen molar-refractivity contribution in [2.24, 2.45) is 5.92 Å². The zero-order valence-electron chi connectivity index (χ0n) is 10.8. The third kappa shape index (κ3) is 2.20. The van der Waals surface area contributed by atoms with E-state index in [9.17, 15) is 0 Å². The Morgan fingerprint density at radius 3 is 2.94 bits per heavy atom. The smallest absolute Gasteiger partial charge is 0.119 e. The fourth-order valence-corrected chi connectivity index (χ4v) is 2.92. The van der Waals surface area contributed by atoms with Crippen LogP contribution >= 0.6 is 0 Å². The Morgan fingerprint density at radius 1 is 1.33 bits per heavy atom. The van der Waals surface area contributed by atoms with E-state index in [1.807, 2.05) is 12.1 Å². The zero-order valence-corrected chi connectivity index (χ0v) is 10.8. The van der Waals surface area contributed by atoms with Crippen molar-refractivity contribution >= 4 is 10.8 Å². The molecule has 93 valence electrons. The lowest BCUT2D eigenvalue weighted by molar-refractivity contribution is 0.415. The van der Waals surface area contributed by atoms with Crippen LogP contribution in [-0.4, -0.2) is 12.1 Å². The predicted molar refractivity (Wildman–Crippen MR) is 72.8 cm³/mol. The maximum absolute atomic E-state index is 5.31. The molecule has 1 aliphatic carbocycles. The first-order valence-corrected chi connectivity index (χ1v) is 6.70. The fourth-order valence-electron chi connectivity index (χ4n) is 2.92. The van der Waals surface area contributed by atoms with E-state index in [1.54, 1.807) is 7.11 Å². The molecule has 0 unspecified atom stereocenters. The van der Waals surface area contributed by atoms with Gasteiger partial charge in [0, 0.05) is 11.1 Å². The SMILES string of the molecule is COc1ccc2c[c]nc(CC3CCCC3)c2c1. The van der Waals surface area contributed by atoms with Crippen molar-refractivity contribution in [2.75, 3.05) is 7.11 Å². The van der Waals surface area contributed by atoms with Gasteiger partial charge in [0.2, 0.25) is 0 Å². The van der Waals surface area contributed by atoms with E-state index in [2.05, 4.69) is 23.3 Å². The number of nitrogens with zero attached hydrogens (tertiary/aromatic N) is 1. The summed E-state index contributed by atoms with van der Waals surface area (Å²) in [6.07, 6.45) is 9.56. The topological polar surface area (TPSA) is 22.1 Å². The highest BCUT2D eigenvalue weighted by Gasteiger charge is 2.17. The Bertz CT molecular complexity index is 544. The molecule has 1 aromatic heterocycles. The molecular formula is C16H18NO. The monoisotopic (exact) mass is 240 g/mol. The minimum absolute atomic E-state index is 0.808. The highest BCUT2D eigenvalue weighted by molar-refractivity contribution is 5.85. The Balaban J connectivity index is 1.98. The first kappa shape index (κ1) is 11.5. The van der Waals surface area contributed by atoms with Crippen LogP contribution < -0.4 is 4.74 Å². The second kappa shape index (κ2) is 4.97. The van der Waals surface area contributed by atoms with E-state index in [-0.39, 0.29) is 0 Å². The second-order valence-corrected chi connectivity index (χ2v) is 5.14. The maximum atomic E-state index is 5.31. The molecule has 18 heavy (non-hydrogen) atoms. The average Bonchev–Trinajstić information content (AvgIpc) is 2.91. The third-order valence-corrected chi connectivity index (χ3v) is 3.95. The molecule has 1 aliphatic rings. The lowest BCUT2D eigenvalue weighted by Gasteiger charge is -2.11. The molecule has 1 fully saturated rings. The Labute approximate surface area is 108 Å². The van der Waals surface area contributed by atoms with Crippen molar-refractivity contribution in [1.29, 1.82) is 0 Å². The number of pyridine rings is 1. The number of methoxy groups -OCH3 is 1. The molecule has 2 heteroatoms. The zero-order chi connectivity index (χ0) is 12.4. The van der Waals surface area contributed by atoms with Gasteiger partial charge in [-0.1, -0.05) is 31.7 Å². The minimum atomic E-state index is 0.808. The summed E-state index contributed by atoms with van der Waals surface area (Å²) in [5.74, 6) is 1.71. The van der Waals surface area contributed by atoms with Crippen LogP contribution in [0.15, 0.2) is 24.3 Å². The van der Waals surface area contributed by atoms with E-state index in [1.165, 1.54) is 42.1 Å². The van der Waals surface area contributed by atoms with Gasteiger partial charge in [0.05, 0.1) is 13.3 Å². The van der Waals surface area contributed by atoms with Crippen LogP contribution in [0.1, 0.15) is 31.4 Å². The lowest BCUT2D eigenvalue weighted by atomic mass is 9.98.